The maximum absolute atomic E-state index is 12.1. The molecular weight excluding hydrogens is 272 g/mol. The molecule has 0 fully saturated rings. The lowest BCUT2D eigenvalue weighted by Crippen LogP contribution is -2.33. The second kappa shape index (κ2) is 5.97. The SMILES string of the molecule is COC(C)Cn1c(O)c(-c2ccccc2C)c(=O)[nH]c1=O. The first-order chi connectivity index (χ1) is 9.95. The van der Waals surface area contributed by atoms with E-state index in [1.165, 1.54) is 7.11 Å². The molecule has 0 aliphatic rings. The number of aromatic nitrogens is 2. The van der Waals surface area contributed by atoms with Crippen molar-refractivity contribution in [3.05, 3.63) is 50.7 Å². The molecule has 0 spiro atoms. The van der Waals surface area contributed by atoms with Gasteiger partial charge in [-0.2, -0.15) is 0 Å². The van der Waals surface area contributed by atoms with Crippen molar-refractivity contribution >= 4 is 0 Å². The number of methoxy groups -OCH3 is 1. The highest BCUT2D eigenvalue weighted by Crippen LogP contribution is 2.26. The van der Waals surface area contributed by atoms with Gasteiger partial charge in [-0.3, -0.25) is 14.3 Å². The molecule has 0 saturated carbocycles. The van der Waals surface area contributed by atoms with Crippen molar-refractivity contribution in [3.63, 3.8) is 0 Å². The van der Waals surface area contributed by atoms with E-state index in [0.29, 0.717) is 5.56 Å². The summed E-state index contributed by atoms with van der Waals surface area (Å²) < 4.78 is 6.21. The summed E-state index contributed by atoms with van der Waals surface area (Å²) in [4.78, 5) is 26.2. The lowest BCUT2D eigenvalue weighted by Gasteiger charge is -2.15. The maximum Gasteiger partial charge on any atom is 0.331 e. The molecule has 2 aromatic rings. The zero-order valence-electron chi connectivity index (χ0n) is 12.2. The molecule has 112 valence electrons. The fourth-order valence-corrected chi connectivity index (χ4v) is 2.16. The molecule has 2 rings (SSSR count). The summed E-state index contributed by atoms with van der Waals surface area (Å²) in [6.07, 6.45) is -0.274. The van der Waals surface area contributed by atoms with Gasteiger partial charge in [0.2, 0.25) is 5.88 Å². The quantitative estimate of drug-likeness (QED) is 0.887. The molecule has 1 heterocycles. The smallest absolute Gasteiger partial charge is 0.331 e. The van der Waals surface area contributed by atoms with Crippen molar-refractivity contribution in [2.24, 2.45) is 0 Å². The Labute approximate surface area is 121 Å². The number of aromatic hydroxyl groups is 1. The van der Waals surface area contributed by atoms with Gasteiger partial charge in [0.1, 0.15) is 5.56 Å². The first-order valence-electron chi connectivity index (χ1n) is 6.60. The number of aryl methyl sites for hydroxylation is 1. The van der Waals surface area contributed by atoms with Gasteiger partial charge in [0.15, 0.2) is 0 Å². The second-order valence-corrected chi connectivity index (χ2v) is 4.93. The Morgan fingerprint density at radius 2 is 2.00 bits per heavy atom. The van der Waals surface area contributed by atoms with E-state index in [1.54, 1.807) is 19.1 Å². The van der Waals surface area contributed by atoms with Gasteiger partial charge in [0.25, 0.3) is 5.56 Å². The lowest BCUT2D eigenvalue weighted by molar-refractivity contribution is 0.0992. The Morgan fingerprint density at radius 1 is 1.33 bits per heavy atom. The van der Waals surface area contributed by atoms with Crippen molar-refractivity contribution in [2.75, 3.05) is 7.11 Å². The molecular formula is C15H18N2O4. The molecule has 0 aliphatic heterocycles. The van der Waals surface area contributed by atoms with Crippen LogP contribution in [0.4, 0.5) is 0 Å². The Balaban J connectivity index is 2.68. The monoisotopic (exact) mass is 290 g/mol. The van der Waals surface area contributed by atoms with Crippen molar-refractivity contribution in [3.8, 4) is 17.0 Å². The largest absolute Gasteiger partial charge is 0.494 e. The molecule has 2 N–H and O–H groups in total. The molecule has 6 heteroatoms. The van der Waals surface area contributed by atoms with E-state index >= 15 is 0 Å². The summed E-state index contributed by atoms with van der Waals surface area (Å²) in [6, 6.07) is 7.18. The molecule has 21 heavy (non-hydrogen) atoms. The minimum atomic E-state index is -0.654. The number of benzene rings is 1. The van der Waals surface area contributed by atoms with Crippen LogP contribution in [0.2, 0.25) is 0 Å². The number of nitrogens with zero attached hydrogens (tertiary/aromatic N) is 1. The topological polar surface area (TPSA) is 84.3 Å². The summed E-state index contributed by atoms with van der Waals surface area (Å²) in [7, 11) is 1.51. The van der Waals surface area contributed by atoms with Gasteiger partial charge in [0, 0.05) is 7.11 Å². The average Bonchev–Trinajstić information content (AvgIpc) is 2.45. The molecule has 0 amide bonds. The van der Waals surface area contributed by atoms with E-state index in [1.807, 2.05) is 19.1 Å². The highest BCUT2D eigenvalue weighted by Gasteiger charge is 2.18. The summed E-state index contributed by atoms with van der Waals surface area (Å²) in [5.41, 5.74) is 0.265. The fourth-order valence-electron chi connectivity index (χ4n) is 2.16. The van der Waals surface area contributed by atoms with E-state index in [2.05, 4.69) is 4.98 Å². The van der Waals surface area contributed by atoms with E-state index in [4.69, 9.17) is 4.74 Å². The van der Waals surface area contributed by atoms with Crippen LogP contribution in [0.5, 0.6) is 5.88 Å². The number of H-pyrrole nitrogens is 1. The van der Waals surface area contributed by atoms with Crippen molar-refractivity contribution in [1.82, 2.24) is 9.55 Å². The molecule has 1 atom stereocenters. The van der Waals surface area contributed by atoms with E-state index in [-0.39, 0.29) is 24.1 Å². The van der Waals surface area contributed by atoms with E-state index < -0.39 is 11.2 Å². The van der Waals surface area contributed by atoms with Crippen LogP contribution >= 0.6 is 0 Å². The van der Waals surface area contributed by atoms with Gasteiger partial charge >= 0.3 is 5.69 Å². The number of rotatable bonds is 4. The summed E-state index contributed by atoms with van der Waals surface area (Å²) >= 11 is 0. The normalized spacial score (nSPS) is 12.3. The van der Waals surface area contributed by atoms with Gasteiger partial charge in [-0.05, 0) is 25.0 Å². The molecule has 0 radical (unpaired) electrons. The molecule has 1 unspecified atom stereocenters. The zero-order chi connectivity index (χ0) is 15.6. The van der Waals surface area contributed by atoms with E-state index in [9.17, 15) is 14.7 Å². The van der Waals surface area contributed by atoms with Crippen LogP contribution in [0, 0.1) is 6.92 Å². The molecule has 1 aromatic heterocycles. The maximum atomic E-state index is 12.1. The number of hydrogen-bond acceptors (Lipinski definition) is 4. The first-order valence-corrected chi connectivity index (χ1v) is 6.60. The number of nitrogens with one attached hydrogen (secondary N) is 1. The number of aromatic amines is 1. The van der Waals surface area contributed by atoms with Gasteiger partial charge < -0.3 is 9.84 Å². The third kappa shape index (κ3) is 2.90. The van der Waals surface area contributed by atoms with Gasteiger partial charge in [-0.15, -0.1) is 0 Å². The van der Waals surface area contributed by atoms with Gasteiger partial charge in [-0.1, -0.05) is 24.3 Å². The average molecular weight is 290 g/mol. The zero-order valence-corrected chi connectivity index (χ0v) is 12.2. The lowest BCUT2D eigenvalue weighted by atomic mass is 10.0. The molecule has 6 nitrogen and oxygen atoms in total. The van der Waals surface area contributed by atoms with Crippen LogP contribution in [0.1, 0.15) is 12.5 Å². The Hall–Kier alpha value is -2.34. The van der Waals surface area contributed by atoms with Crippen molar-refractivity contribution in [1.29, 1.82) is 0 Å². The van der Waals surface area contributed by atoms with E-state index in [0.717, 1.165) is 10.1 Å². The summed E-state index contributed by atoms with van der Waals surface area (Å²) in [5.74, 6) is -0.345. The Morgan fingerprint density at radius 3 is 2.62 bits per heavy atom. The minimum Gasteiger partial charge on any atom is -0.494 e. The highest BCUT2D eigenvalue weighted by atomic mass is 16.5. The predicted octanol–water partition coefficient (Wildman–Crippen LogP) is 1.25. The molecule has 0 saturated heterocycles. The number of ether oxygens (including phenoxy) is 1. The molecule has 0 bridgehead atoms. The fraction of sp³-hybridized carbons (Fsp3) is 0.333. The van der Waals surface area contributed by atoms with Crippen molar-refractivity contribution in [2.45, 2.75) is 26.5 Å². The van der Waals surface area contributed by atoms with Crippen LogP contribution in [0.3, 0.4) is 0 Å². The molecule has 0 aliphatic carbocycles. The van der Waals surface area contributed by atoms with Crippen molar-refractivity contribution < 1.29 is 9.84 Å². The standard InChI is InChI=1S/C15H18N2O4/c1-9-6-4-5-7-11(9)12-13(18)16-15(20)17(14(12)19)8-10(2)21-3/h4-7,10,19H,8H2,1-3H3,(H,16,18,20). The highest BCUT2D eigenvalue weighted by molar-refractivity contribution is 5.70. The Bertz CT molecular complexity index is 761. The molecule has 1 aromatic carbocycles. The third-order valence-electron chi connectivity index (χ3n) is 3.43. The third-order valence-corrected chi connectivity index (χ3v) is 3.43. The Kier molecular flexibility index (Phi) is 4.28. The summed E-state index contributed by atoms with van der Waals surface area (Å²) in [5, 5.41) is 10.4. The minimum absolute atomic E-state index is 0.0935. The van der Waals surface area contributed by atoms with Crippen LogP contribution in [0.15, 0.2) is 33.9 Å². The van der Waals surface area contributed by atoms with Gasteiger partial charge in [0.05, 0.1) is 12.6 Å². The predicted molar refractivity (Wildman–Crippen MR) is 79.6 cm³/mol. The van der Waals surface area contributed by atoms with Gasteiger partial charge in [-0.25, -0.2) is 4.79 Å². The van der Waals surface area contributed by atoms with Crippen LogP contribution in [-0.4, -0.2) is 27.9 Å². The van der Waals surface area contributed by atoms with Crippen LogP contribution < -0.4 is 11.2 Å². The number of hydrogen-bond donors (Lipinski definition) is 2. The van der Waals surface area contributed by atoms with Crippen LogP contribution in [-0.2, 0) is 11.3 Å². The van der Waals surface area contributed by atoms with Crippen LogP contribution in [0.25, 0.3) is 11.1 Å². The second-order valence-electron chi connectivity index (χ2n) is 4.93. The summed E-state index contributed by atoms with van der Waals surface area (Å²) in [6.45, 7) is 3.75. The first kappa shape index (κ1) is 15.1.